The number of fused-ring (bicyclic) bond motifs is 2. The third-order valence-corrected chi connectivity index (χ3v) is 14.7. The summed E-state index contributed by atoms with van der Waals surface area (Å²) in [5.74, 6) is 0. The zero-order valence-electron chi connectivity index (χ0n) is 49.8. The topological polar surface area (TPSA) is 173 Å². The molecule has 444 valence electrons. The number of aliphatic imine (C=N–C) groups is 1. The molecule has 5 aromatic rings. The van der Waals surface area contributed by atoms with E-state index in [9.17, 15) is 9.59 Å². The van der Waals surface area contributed by atoms with Gasteiger partial charge < -0.3 is 9.47 Å². The quantitative estimate of drug-likeness (QED) is 0.0154. The van der Waals surface area contributed by atoms with Crippen molar-refractivity contribution >= 4 is 68.9 Å². The molecular formula is C68H87N3O10S2+2. The van der Waals surface area contributed by atoms with Crippen LogP contribution in [0.1, 0.15) is 145 Å². The fourth-order valence-corrected chi connectivity index (χ4v) is 10.3. The maximum absolute atomic E-state index is 10.4. The molecule has 0 radical (unpaired) electrons. The zero-order chi connectivity index (χ0) is 60.7. The van der Waals surface area contributed by atoms with Crippen LogP contribution < -0.4 is 0 Å². The van der Waals surface area contributed by atoms with Gasteiger partial charge in [0.25, 0.3) is 12.9 Å². The molecule has 0 spiro atoms. The number of allylic oxidation sites excluding steroid dienone is 6. The summed E-state index contributed by atoms with van der Waals surface area (Å²) in [5, 5.41) is 0. The van der Waals surface area contributed by atoms with Gasteiger partial charge in [0, 0.05) is 55.3 Å². The Bertz CT molecular complexity index is 3140. The lowest BCUT2D eigenvalue weighted by Gasteiger charge is -2.22. The van der Waals surface area contributed by atoms with Crippen LogP contribution in [-0.2, 0) is 64.0 Å². The van der Waals surface area contributed by atoms with Gasteiger partial charge in [-0.1, -0.05) is 166 Å². The molecule has 0 fully saturated rings. The van der Waals surface area contributed by atoms with Crippen LogP contribution in [0.4, 0.5) is 17.1 Å². The van der Waals surface area contributed by atoms with E-state index in [1.54, 1.807) is 0 Å². The van der Waals surface area contributed by atoms with Gasteiger partial charge in [-0.2, -0.15) is 9.15 Å². The lowest BCUT2D eigenvalue weighted by Crippen LogP contribution is -2.31. The summed E-state index contributed by atoms with van der Waals surface area (Å²) in [7, 11) is -6.22. The number of carbonyl (C=O) groups is 2. The van der Waals surface area contributed by atoms with Gasteiger partial charge in [0.05, 0.1) is 29.7 Å². The van der Waals surface area contributed by atoms with Crippen LogP contribution in [0.5, 0.6) is 0 Å². The summed E-state index contributed by atoms with van der Waals surface area (Å²) in [5.41, 5.74) is 15.1. The largest absolute Gasteiger partial charge is 0.468 e. The lowest BCUT2D eigenvalue weighted by molar-refractivity contribution is -0.439. The highest BCUT2D eigenvalue weighted by Crippen LogP contribution is 2.45. The fourth-order valence-electron chi connectivity index (χ4n) is 10.3. The van der Waals surface area contributed by atoms with Gasteiger partial charge in [0.15, 0.2) is 11.4 Å². The Balaban J connectivity index is 0.000000320. The Kier molecular flexibility index (Phi) is 33.5. The molecule has 5 aromatic carbocycles. The van der Waals surface area contributed by atoms with Crippen molar-refractivity contribution < 1.29 is 53.5 Å². The maximum Gasteiger partial charge on any atom is 0.425 e. The van der Waals surface area contributed by atoms with E-state index in [4.69, 9.17) is 34.7 Å². The van der Waals surface area contributed by atoms with E-state index in [0.29, 0.717) is 26.2 Å². The highest BCUT2D eigenvalue weighted by Gasteiger charge is 2.47. The van der Waals surface area contributed by atoms with Gasteiger partial charge in [0.2, 0.25) is 11.4 Å². The first-order chi connectivity index (χ1) is 40.1. The van der Waals surface area contributed by atoms with Crippen LogP contribution in [0.15, 0.2) is 169 Å². The molecule has 13 nitrogen and oxygen atoms in total. The van der Waals surface area contributed by atoms with Gasteiger partial charge in [0.1, 0.15) is 13.1 Å². The number of benzene rings is 5. The van der Waals surface area contributed by atoms with Crippen molar-refractivity contribution in [1.29, 1.82) is 0 Å². The molecule has 15 heteroatoms. The molecular weight excluding hydrogens is 1080 g/mol. The first-order valence-electron chi connectivity index (χ1n) is 28.8. The Hall–Kier alpha value is -7.49. The van der Waals surface area contributed by atoms with Crippen molar-refractivity contribution in [1.82, 2.24) is 0 Å². The second-order valence-electron chi connectivity index (χ2n) is 20.9. The average Bonchev–Trinajstić information content (AvgIpc) is 2.18. The van der Waals surface area contributed by atoms with Crippen LogP contribution >= 0.6 is 0 Å². The molecule has 2 aliphatic heterocycles. The molecule has 7 rings (SSSR count). The standard InChI is InChI=1S/C31H40NO2.C21H32NO2.C16H15N.2O3S/c1-4-5-21-31(3)28-24-26(2)19-20-29(28)32(22-13-8-14-23-34-25-33)30(31)18-12-7-11-17-27-15-9-6-10-16-27;1-5-6-12-21(4)18(3)22(13-8-7-9-14-24-16-23)20-11-10-17(2)15-19(20)21;1-3-9-15(10-4-1)11-7-8-14-17-16-12-5-2-6-13-16;2*1-4(2)3/h6-7,9-12,15-16,18-20,24-25H,4-5,8,13-14,17,21-23H2,1-3H3;10-11,15-16H,5-9,12-14H2,1-4H3;1-10,12-14H,11H2;;/q2*+1;;;. The molecule has 0 bridgehead atoms. The fraction of sp³-hybridized carbons (Fsp3) is 0.397. The number of nitrogens with zero attached hydrogens (tertiary/aromatic N) is 3. The molecule has 0 saturated carbocycles. The predicted molar refractivity (Wildman–Crippen MR) is 335 cm³/mol. The van der Waals surface area contributed by atoms with Gasteiger partial charge in [-0.25, -0.2) is 0 Å². The van der Waals surface area contributed by atoms with Crippen LogP contribution in [0, 0.1) is 13.8 Å². The first-order valence-corrected chi connectivity index (χ1v) is 30.8. The number of unbranched alkanes of at least 4 members (excludes halogenated alkanes) is 6. The highest BCUT2D eigenvalue weighted by atomic mass is 32.2. The molecule has 0 aromatic heterocycles. The van der Waals surface area contributed by atoms with Crippen molar-refractivity contribution in [2.75, 3.05) is 26.3 Å². The third kappa shape index (κ3) is 25.3. The summed E-state index contributed by atoms with van der Waals surface area (Å²) in [4.78, 5) is 24.9. The Labute approximate surface area is 497 Å². The Morgan fingerprint density at radius 2 is 0.940 bits per heavy atom. The number of aryl methyl sites for hydroxylation is 2. The second-order valence-corrected chi connectivity index (χ2v) is 21.7. The van der Waals surface area contributed by atoms with Crippen LogP contribution in [0.2, 0.25) is 0 Å². The van der Waals surface area contributed by atoms with Gasteiger partial charge in [-0.15, -0.1) is 25.3 Å². The summed E-state index contributed by atoms with van der Waals surface area (Å²) < 4.78 is 65.4. The van der Waals surface area contributed by atoms with E-state index in [-0.39, 0.29) is 10.8 Å². The van der Waals surface area contributed by atoms with Crippen molar-refractivity contribution in [2.24, 2.45) is 4.99 Å². The average molecular weight is 1170 g/mol. The van der Waals surface area contributed by atoms with E-state index in [1.165, 1.54) is 88.3 Å². The molecule has 2 heterocycles. The smallest absolute Gasteiger partial charge is 0.425 e. The van der Waals surface area contributed by atoms with E-state index >= 15 is 0 Å². The van der Waals surface area contributed by atoms with Gasteiger partial charge in [-0.05, 0) is 121 Å². The minimum atomic E-state index is -3.11. The normalized spacial score (nSPS) is 15.7. The van der Waals surface area contributed by atoms with E-state index in [1.807, 2.05) is 48.7 Å². The number of hydrogen-bond acceptors (Lipinski definition) is 11. The second kappa shape index (κ2) is 39.9. The minimum absolute atomic E-state index is 0.0156. The Morgan fingerprint density at radius 1 is 0.506 bits per heavy atom. The highest BCUT2D eigenvalue weighted by molar-refractivity contribution is 7.59. The van der Waals surface area contributed by atoms with Gasteiger partial charge >= 0.3 is 21.2 Å². The SMILES string of the molecule is C(=CCc1ccccc1)C=Nc1ccccc1.CCCCC1(C)C(C)=[N+](CCCCCOC=O)c2ccc(C)cc21.CCCCC1(C)C(C=CC=CCc2ccccc2)=[N+](CCCCCOC=O)c2ccc(C)cc21.O=S(=O)=O.O=S(=O)=O. The summed E-state index contributed by atoms with van der Waals surface area (Å²) in [6, 6.07) is 44.7. The third-order valence-electron chi connectivity index (χ3n) is 14.7. The van der Waals surface area contributed by atoms with Crippen molar-refractivity contribution in [2.45, 2.75) is 149 Å². The predicted octanol–water partition coefficient (Wildman–Crippen LogP) is 14.3. The van der Waals surface area contributed by atoms with Crippen molar-refractivity contribution in [3.63, 3.8) is 0 Å². The molecule has 0 amide bonds. The van der Waals surface area contributed by atoms with Crippen LogP contribution in [0.25, 0.3) is 0 Å². The molecule has 0 saturated heterocycles. The molecule has 0 N–H and O–H groups in total. The maximum atomic E-state index is 10.4. The van der Waals surface area contributed by atoms with E-state index in [0.717, 1.165) is 76.6 Å². The van der Waals surface area contributed by atoms with Crippen LogP contribution in [-0.4, -0.2) is 91.3 Å². The summed E-state index contributed by atoms with van der Waals surface area (Å²) in [6.07, 6.45) is 30.2. The number of hydrogen-bond donors (Lipinski definition) is 0. The summed E-state index contributed by atoms with van der Waals surface area (Å²) >= 11 is 0. The van der Waals surface area contributed by atoms with Crippen molar-refractivity contribution in [3.05, 3.63) is 197 Å². The van der Waals surface area contributed by atoms with Gasteiger partial charge in [-0.3, -0.25) is 14.6 Å². The first kappa shape index (κ1) is 69.8. The number of carbonyl (C=O) groups excluding carboxylic acids is 2. The Morgan fingerprint density at radius 3 is 1.42 bits per heavy atom. The molecule has 0 aliphatic carbocycles. The number of ether oxygens (including phenoxy) is 2. The molecule has 2 aliphatic rings. The minimum Gasteiger partial charge on any atom is -0.468 e. The van der Waals surface area contributed by atoms with Crippen molar-refractivity contribution in [3.8, 4) is 0 Å². The molecule has 2 atom stereocenters. The molecule has 83 heavy (non-hydrogen) atoms. The number of para-hydroxylation sites is 1. The van der Waals surface area contributed by atoms with E-state index in [2.05, 4.69) is 184 Å². The van der Waals surface area contributed by atoms with Crippen LogP contribution in [0.3, 0.4) is 0 Å². The summed E-state index contributed by atoms with van der Waals surface area (Å²) in [6.45, 7) is 20.2. The van der Waals surface area contributed by atoms with E-state index < -0.39 is 21.2 Å². The zero-order valence-corrected chi connectivity index (χ0v) is 51.4. The number of rotatable bonds is 28. The lowest BCUT2D eigenvalue weighted by atomic mass is 9.75. The molecule has 2 unspecified atom stereocenters. The monoisotopic (exact) mass is 1170 g/mol.